The van der Waals surface area contributed by atoms with Gasteiger partial charge in [0.2, 0.25) is 0 Å². The first kappa shape index (κ1) is 17.1. The molecule has 0 aromatic rings. The molecule has 1 atom stereocenters. The predicted molar refractivity (Wildman–Crippen MR) is 83.7 cm³/mol. The smallest absolute Gasteiger partial charge is 0.407 e. The molecule has 126 valence electrons. The van der Waals surface area contributed by atoms with Crippen LogP contribution in [0.3, 0.4) is 0 Å². The summed E-state index contributed by atoms with van der Waals surface area (Å²) in [4.78, 5) is 23.2. The van der Waals surface area contributed by atoms with Gasteiger partial charge in [0, 0.05) is 0 Å². The van der Waals surface area contributed by atoms with E-state index < -0.39 is 18.1 Å². The van der Waals surface area contributed by atoms with Gasteiger partial charge in [-0.25, -0.2) is 9.59 Å². The number of hydrogen-bond acceptors (Lipinski definition) is 3. The number of hydrogen-bond donors (Lipinski definition) is 2. The van der Waals surface area contributed by atoms with Crippen molar-refractivity contribution in [3.05, 3.63) is 0 Å². The Kier molecular flexibility index (Phi) is 7.00. The summed E-state index contributed by atoms with van der Waals surface area (Å²) in [6.45, 7) is 0.418. The Morgan fingerprint density at radius 1 is 0.955 bits per heavy atom. The normalized spacial score (nSPS) is 22.0. The van der Waals surface area contributed by atoms with E-state index in [9.17, 15) is 14.7 Å². The van der Waals surface area contributed by atoms with E-state index in [1.54, 1.807) is 0 Å². The number of carboxylic acid groups (broad SMARTS) is 1. The summed E-state index contributed by atoms with van der Waals surface area (Å²) in [6, 6.07) is -0.818. The summed E-state index contributed by atoms with van der Waals surface area (Å²) in [5.41, 5.74) is 0. The zero-order valence-corrected chi connectivity index (χ0v) is 13.4. The highest BCUT2D eigenvalue weighted by Gasteiger charge is 2.26. The number of carbonyl (C=O) groups excluding carboxylic acids is 1. The van der Waals surface area contributed by atoms with E-state index >= 15 is 0 Å². The summed E-state index contributed by atoms with van der Waals surface area (Å²) in [5, 5.41) is 11.8. The van der Waals surface area contributed by atoms with E-state index in [2.05, 4.69) is 5.32 Å². The second kappa shape index (κ2) is 9.01. The van der Waals surface area contributed by atoms with E-state index in [1.807, 2.05) is 0 Å². The van der Waals surface area contributed by atoms with Crippen molar-refractivity contribution >= 4 is 12.1 Å². The van der Waals surface area contributed by atoms with Gasteiger partial charge in [0.05, 0.1) is 6.61 Å². The van der Waals surface area contributed by atoms with Crippen molar-refractivity contribution < 1.29 is 19.4 Å². The molecule has 2 aliphatic rings. The molecule has 0 aromatic heterocycles. The third-order valence-corrected chi connectivity index (χ3v) is 5.06. The summed E-state index contributed by atoms with van der Waals surface area (Å²) in [7, 11) is 0. The Balaban J connectivity index is 1.71. The molecule has 2 aliphatic carbocycles. The molecule has 1 unspecified atom stereocenters. The van der Waals surface area contributed by atoms with Gasteiger partial charge >= 0.3 is 12.1 Å². The fourth-order valence-electron chi connectivity index (χ4n) is 3.71. The highest BCUT2D eigenvalue weighted by molar-refractivity contribution is 5.79. The molecule has 0 saturated heterocycles. The van der Waals surface area contributed by atoms with E-state index in [-0.39, 0.29) is 0 Å². The van der Waals surface area contributed by atoms with Gasteiger partial charge in [-0.2, -0.15) is 0 Å². The Morgan fingerprint density at radius 2 is 1.50 bits per heavy atom. The van der Waals surface area contributed by atoms with Crippen molar-refractivity contribution in [2.24, 2.45) is 11.8 Å². The van der Waals surface area contributed by atoms with Crippen molar-refractivity contribution in [1.29, 1.82) is 0 Å². The minimum Gasteiger partial charge on any atom is -0.480 e. The maximum atomic E-state index is 11.8. The van der Waals surface area contributed by atoms with Crippen LogP contribution in [0.5, 0.6) is 0 Å². The molecule has 0 spiro atoms. The molecule has 0 bridgehead atoms. The van der Waals surface area contributed by atoms with Crippen LogP contribution in [0.15, 0.2) is 0 Å². The van der Waals surface area contributed by atoms with Crippen LogP contribution < -0.4 is 5.32 Å². The molecule has 2 fully saturated rings. The monoisotopic (exact) mass is 311 g/mol. The third-order valence-electron chi connectivity index (χ3n) is 5.06. The Morgan fingerprint density at radius 3 is 2.05 bits per heavy atom. The molecule has 0 heterocycles. The van der Waals surface area contributed by atoms with Crippen LogP contribution >= 0.6 is 0 Å². The number of aliphatic carboxylic acids is 1. The van der Waals surface area contributed by atoms with Gasteiger partial charge in [0.15, 0.2) is 0 Å². The highest BCUT2D eigenvalue weighted by atomic mass is 16.5. The Bertz CT molecular complexity index is 360. The molecule has 5 nitrogen and oxygen atoms in total. The number of ether oxygens (including phenoxy) is 1. The first-order valence-electron chi connectivity index (χ1n) is 8.81. The minimum atomic E-state index is -0.958. The first-order valence-corrected chi connectivity index (χ1v) is 8.81. The lowest BCUT2D eigenvalue weighted by Gasteiger charge is -2.25. The van der Waals surface area contributed by atoms with Gasteiger partial charge in [-0.3, -0.25) is 0 Å². The maximum Gasteiger partial charge on any atom is 0.407 e. The van der Waals surface area contributed by atoms with Crippen LogP contribution in [0, 0.1) is 11.8 Å². The van der Waals surface area contributed by atoms with Crippen molar-refractivity contribution in [3.8, 4) is 0 Å². The number of carboxylic acids is 1. The van der Waals surface area contributed by atoms with E-state index in [0.717, 1.165) is 25.7 Å². The maximum absolute atomic E-state index is 11.8. The molecule has 2 saturated carbocycles. The molecule has 22 heavy (non-hydrogen) atoms. The lowest BCUT2D eigenvalue weighted by atomic mass is 9.85. The van der Waals surface area contributed by atoms with Gasteiger partial charge in [-0.15, -0.1) is 0 Å². The fourth-order valence-corrected chi connectivity index (χ4v) is 3.71. The molecule has 2 N–H and O–H groups in total. The number of amides is 1. The van der Waals surface area contributed by atoms with Crippen LogP contribution in [0.25, 0.3) is 0 Å². The first-order chi connectivity index (χ1) is 10.6. The molecule has 0 aromatic carbocycles. The number of alkyl carbamates (subject to hydrolysis) is 1. The standard InChI is InChI=1S/C17H29NO4/c19-16(20)15(11-13-7-3-1-4-8-13)18-17(21)22-12-14-9-5-2-6-10-14/h13-15H,1-12H2,(H,18,21)(H,19,20). The van der Waals surface area contributed by atoms with E-state index in [1.165, 1.54) is 38.5 Å². The summed E-state index contributed by atoms with van der Waals surface area (Å²) < 4.78 is 5.24. The molecule has 1 amide bonds. The van der Waals surface area contributed by atoms with Gasteiger partial charge in [0.1, 0.15) is 6.04 Å². The second-order valence-electron chi connectivity index (χ2n) is 6.88. The van der Waals surface area contributed by atoms with Crippen molar-refractivity contribution in [2.45, 2.75) is 76.7 Å². The fraction of sp³-hybridized carbons (Fsp3) is 0.882. The summed E-state index contributed by atoms with van der Waals surface area (Å²) in [5.74, 6) is -0.102. The van der Waals surface area contributed by atoms with Crippen molar-refractivity contribution in [1.82, 2.24) is 5.32 Å². The van der Waals surface area contributed by atoms with Gasteiger partial charge < -0.3 is 15.2 Å². The summed E-state index contributed by atoms with van der Waals surface area (Å²) >= 11 is 0. The molecule has 2 rings (SSSR count). The SMILES string of the molecule is O=C(NC(CC1CCCCC1)C(=O)O)OCC1CCCCC1. The van der Waals surface area contributed by atoms with Crippen LogP contribution in [-0.4, -0.2) is 29.8 Å². The van der Waals surface area contributed by atoms with Crippen LogP contribution in [0.1, 0.15) is 70.6 Å². The van der Waals surface area contributed by atoms with Gasteiger partial charge in [0.25, 0.3) is 0 Å². The minimum absolute atomic E-state index is 0.411. The molecule has 5 heteroatoms. The van der Waals surface area contributed by atoms with Crippen LogP contribution in [0.2, 0.25) is 0 Å². The number of rotatable bonds is 6. The Labute approximate surface area is 132 Å². The molecular weight excluding hydrogens is 282 g/mol. The van der Waals surface area contributed by atoms with Gasteiger partial charge in [-0.1, -0.05) is 51.4 Å². The van der Waals surface area contributed by atoms with Crippen molar-refractivity contribution in [2.75, 3.05) is 6.61 Å². The lowest BCUT2D eigenvalue weighted by Crippen LogP contribution is -2.43. The average Bonchev–Trinajstić information content (AvgIpc) is 2.54. The van der Waals surface area contributed by atoms with Crippen LogP contribution in [-0.2, 0) is 9.53 Å². The van der Waals surface area contributed by atoms with E-state index in [4.69, 9.17) is 4.74 Å². The quantitative estimate of drug-likeness (QED) is 0.784. The molecule has 0 aliphatic heterocycles. The summed E-state index contributed by atoms with van der Waals surface area (Å²) in [6.07, 6.45) is 11.6. The average molecular weight is 311 g/mol. The van der Waals surface area contributed by atoms with Crippen LogP contribution in [0.4, 0.5) is 4.79 Å². The zero-order valence-electron chi connectivity index (χ0n) is 13.4. The third kappa shape index (κ3) is 5.85. The largest absolute Gasteiger partial charge is 0.480 e. The highest BCUT2D eigenvalue weighted by Crippen LogP contribution is 2.27. The molecular formula is C17H29NO4. The number of nitrogens with one attached hydrogen (secondary N) is 1. The second-order valence-corrected chi connectivity index (χ2v) is 6.88. The zero-order chi connectivity index (χ0) is 15.8. The topological polar surface area (TPSA) is 75.6 Å². The van der Waals surface area contributed by atoms with Crippen molar-refractivity contribution in [3.63, 3.8) is 0 Å². The Hall–Kier alpha value is -1.26. The predicted octanol–water partition coefficient (Wildman–Crippen LogP) is 3.72. The molecule has 0 radical (unpaired) electrons. The van der Waals surface area contributed by atoms with Gasteiger partial charge in [-0.05, 0) is 31.1 Å². The number of carbonyl (C=O) groups is 2. The lowest BCUT2D eigenvalue weighted by molar-refractivity contribution is -0.139. The van der Waals surface area contributed by atoms with E-state index in [0.29, 0.717) is 24.9 Å².